The van der Waals surface area contributed by atoms with Gasteiger partial charge in [0.15, 0.2) is 0 Å². The maximum atomic E-state index is 2.49. The summed E-state index contributed by atoms with van der Waals surface area (Å²) >= 11 is 0. The molecule has 0 aliphatic heterocycles. The van der Waals surface area contributed by atoms with Gasteiger partial charge in [0.05, 0.1) is 38.8 Å². The number of benzene rings is 8. The third-order valence-electron chi connectivity index (χ3n) is 10.6. The summed E-state index contributed by atoms with van der Waals surface area (Å²) in [4.78, 5) is 0. The van der Waals surface area contributed by atoms with Gasteiger partial charge in [-0.05, 0) is 65.7 Å². The van der Waals surface area contributed by atoms with Gasteiger partial charge in [-0.1, -0.05) is 133 Å². The predicted octanol–water partition coefficient (Wildman–Crippen LogP) is 12.6. The Balaban J connectivity index is 1.30. The number of aromatic nitrogens is 3. The minimum absolute atomic E-state index is 1.15. The van der Waals surface area contributed by atoms with Crippen molar-refractivity contribution in [3.63, 3.8) is 0 Å². The molecule has 0 atom stereocenters. The van der Waals surface area contributed by atoms with Crippen molar-refractivity contribution in [3.8, 4) is 28.2 Å². The van der Waals surface area contributed by atoms with Crippen molar-refractivity contribution in [1.82, 2.24) is 13.7 Å². The Morgan fingerprint density at radius 2 is 0.784 bits per heavy atom. The van der Waals surface area contributed by atoms with E-state index in [1.165, 1.54) is 76.5 Å². The molecule has 3 heterocycles. The van der Waals surface area contributed by atoms with E-state index in [9.17, 15) is 0 Å². The lowest BCUT2D eigenvalue weighted by Crippen LogP contribution is -2.00. The van der Waals surface area contributed by atoms with E-state index in [0.717, 1.165) is 17.1 Å². The minimum Gasteiger partial charge on any atom is -0.309 e. The minimum atomic E-state index is 1.15. The number of nitrogens with zero attached hydrogens (tertiary/aromatic N) is 3. The number of fused-ring (bicyclic) bond motifs is 10. The fraction of sp³-hybridized carbons (Fsp3) is 0. The maximum Gasteiger partial charge on any atom is 0.0782 e. The molecule has 0 saturated heterocycles. The summed E-state index contributed by atoms with van der Waals surface area (Å²) in [6.45, 7) is 0. The molecule has 3 heteroatoms. The highest BCUT2D eigenvalue weighted by atomic mass is 15.1. The van der Waals surface area contributed by atoms with Crippen LogP contribution in [0, 0.1) is 0 Å². The summed E-state index contributed by atoms with van der Waals surface area (Å²) in [6, 6.07) is 68.4. The van der Waals surface area contributed by atoms with Crippen molar-refractivity contribution in [3.05, 3.63) is 188 Å². The van der Waals surface area contributed by atoms with E-state index in [2.05, 4.69) is 202 Å². The SMILES string of the molecule is c1ccc(-c2cccc(-n3c4ccccc4c4ccc5c(c6ccccc6n5-c5cccc6c7ccccc7n(-c7ccccc7)c56)c43)c2)cc1. The molecule has 3 nitrogen and oxygen atoms in total. The number of hydrogen-bond donors (Lipinski definition) is 0. The second kappa shape index (κ2) is 10.8. The largest absolute Gasteiger partial charge is 0.309 e. The highest BCUT2D eigenvalue weighted by Crippen LogP contribution is 2.44. The molecular formula is C48H31N3. The van der Waals surface area contributed by atoms with Crippen molar-refractivity contribution in [2.24, 2.45) is 0 Å². The number of hydrogen-bond acceptors (Lipinski definition) is 0. The van der Waals surface area contributed by atoms with Crippen LogP contribution in [-0.4, -0.2) is 13.7 Å². The second-order valence-electron chi connectivity index (χ2n) is 13.3. The topological polar surface area (TPSA) is 14.8 Å². The monoisotopic (exact) mass is 649 g/mol. The van der Waals surface area contributed by atoms with Crippen LogP contribution < -0.4 is 0 Å². The van der Waals surface area contributed by atoms with Crippen molar-refractivity contribution < 1.29 is 0 Å². The zero-order valence-corrected chi connectivity index (χ0v) is 27.7. The third kappa shape index (κ3) is 4.00. The van der Waals surface area contributed by atoms with Crippen LogP contribution in [0.2, 0.25) is 0 Å². The molecule has 0 bridgehead atoms. The molecular weight excluding hydrogens is 619 g/mol. The van der Waals surface area contributed by atoms with Crippen molar-refractivity contribution in [1.29, 1.82) is 0 Å². The zero-order chi connectivity index (χ0) is 33.5. The van der Waals surface area contributed by atoms with Crippen LogP contribution in [0.1, 0.15) is 0 Å². The molecule has 0 radical (unpaired) electrons. The van der Waals surface area contributed by atoms with Crippen molar-refractivity contribution >= 4 is 65.4 Å². The van der Waals surface area contributed by atoms with Gasteiger partial charge < -0.3 is 13.7 Å². The summed E-state index contributed by atoms with van der Waals surface area (Å²) in [7, 11) is 0. The van der Waals surface area contributed by atoms with Gasteiger partial charge in [0, 0.05) is 43.7 Å². The smallest absolute Gasteiger partial charge is 0.0782 e. The van der Waals surface area contributed by atoms with Crippen LogP contribution >= 0.6 is 0 Å². The first-order valence-electron chi connectivity index (χ1n) is 17.5. The normalized spacial score (nSPS) is 11.9. The Morgan fingerprint density at radius 1 is 0.275 bits per heavy atom. The van der Waals surface area contributed by atoms with Gasteiger partial charge in [-0.3, -0.25) is 0 Å². The average Bonchev–Trinajstić information content (AvgIpc) is 3.84. The molecule has 0 aliphatic rings. The molecule has 238 valence electrons. The molecule has 3 aromatic heterocycles. The fourth-order valence-corrected chi connectivity index (χ4v) is 8.52. The van der Waals surface area contributed by atoms with E-state index in [-0.39, 0.29) is 0 Å². The van der Waals surface area contributed by atoms with Crippen LogP contribution in [0.5, 0.6) is 0 Å². The standard InChI is InChI=1S/C48H31N3/c1-3-15-32(16-4-1)33-17-13-20-35(31-33)50-42-26-11-8-22-37(42)39-29-30-44-46(48(39)50)40-23-9-12-27-43(40)51(44)45-28-14-24-38-36-21-7-10-25-41(36)49(47(38)45)34-18-5-2-6-19-34/h1-31H. The lowest BCUT2D eigenvalue weighted by molar-refractivity contribution is 1.13. The van der Waals surface area contributed by atoms with E-state index >= 15 is 0 Å². The molecule has 0 fully saturated rings. The molecule has 11 rings (SSSR count). The van der Waals surface area contributed by atoms with Crippen LogP contribution in [0.25, 0.3) is 93.6 Å². The summed E-state index contributed by atoms with van der Waals surface area (Å²) in [5, 5.41) is 7.49. The molecule has 0 unspecified atom stereocenters. The summed E-state index contributed by atoms with van der Waals surface area (Å²) in [5.41, 5.74) is 13.1. The first kappa shape index (κ1) is 28.0. The first-order chi connectivity index (χ1) is 25.3. The van der Waals surface area contributed by atoms with Crippen molar-refractivity contribution in [2.45, 2.75) is 0 Å². The molecule has 0 aliphatic carbocycles. The molecule has 8 aromatic carbocycles. The average molecular weight is 650 g/mol. The maximum absolute atomic E-state index is 2.49. The molecule has 0 saturated carbocycles. The van der Waals surface area contributed by atoms with Gasteiger partial charge in [0.1, 0.15) is 0 Å². The zero-order valence-electron chi connectivity index (χ0n) is 27.7. The Labute approximate surface area is 294 Å². The summed E-state index contributed by atoms with van der Waals surface area (Å²) in [5.74, 6) is 0. The van der Waals surface area contributed by atoms with E-state index in [0.29, 0.717) is 0 Å². The van der Waals surface area contributed by atoms with Gasteiger partial charge in [0.25, 0.3) is 0 Å². The quantitative estimate of drug-likeness (QED) is 0.180. The molecule has 0 amide bonds. The molecule has 0 spiro atoms. The molecule has 51 heavy (non-hydrogen) atoms. The lowest BCUT2D eigenvalue weighted by atomic mass is 10.0. The van der Waals surface area contributed by atoms with E-state index in [4.69, 9.17) is 0 Å². The van der Waals surface area contributed by atoms with Crippen LogP contribution in [0.15, 0.2) is 188 Å². The Bertz CT molecular complexity index is 3120. The molecule has 0 N–H and O–H groups in total. The number of rotatable bonds is 4. The van der Waals surface area contributed by atoms with E-state index < -0.39 is 0 Å². The van der Waals surface area contributed by atoms with E-state index in [1.807, 2.05) is 0 Å². The second-order valence-corrected chi connectivity index (χ2v) is 13.3. The predicted molar refractivity (Wildman–Crippen MR) is 215 cm³/mol. The van der Waals surface area contributed by atoms with Gasteiger partial charge in [-0.15, -0.1) is 0 Å². The Hall–Kier alpha value is -6.84. The first-order valence-corrected chi connectivity index (χ1v) is 17.5. The Kier molecular flexibility index (Phi) is 5.96. The fourth-order valence-electron chi connectivity index (χ4n) is 8.52. The van der Waals surface area contributed by atoms with Gasteiger partial charge in [-0.2, -0.15) is 0 Å². The van der Waals surface area contributed by atoms with Gasteiger partial charge in [-0.25, -0.2) is 0 Å². The number of para-hydroxylation sites is 5. The van der Waals surface area contributed by atoms with Gasteiger partial charge in [0.2, 0.25) is 0 Å². The van der Waals surface area contributed by atoms with Crippen LogP contribution in [0.4, 0.5) is 0 Å². The summed E-state index contributed by atoms with van der Waals surface area (Å²) in [6.07, 6.45) is 0. The summed E-state index contributed by atoms with van der Waals surface area (Å²) < 4.78 is 7.41. The highest BCUT2D eigenvalue weighted by Gasteiger charge is 2.23. The lowest BCUT2D eigenvalue weighted by Gasteiger charge is -2.14. The Morgan fingerprint density at radius 3 is 1.51 bits per heavy atom. The van der Waals surface area contributed by atoms with Crippen LogP contribution in [-0.2, 0) is 0 Å². The molecule has 11 aromatic rings. The van der Waals surface area contributed by atoms with Crippen molar-refractivity contribution in [2.75, 3.05) is 0 Å². The third-order valence-corrected chi connectivity index (χ3v) is 10.6. The van der Waals surface area contributed by atoms with E-state index in [1.54, 1.807) is 0 Å². The van der Waals surface area contributed by atoms with Crippen LogP contribution in [0.3, 0.4) is 0 Å². The van der Waals surface area contributed by atoms with Gasteiger partial charge >= 0.3 is 0 Å². The highest BCUT2D eigenvalue weighted by molar-refractivity contribution is 6.26.